The highest BCUT2D eigenvalue weighted by Gasteiger charge is 2.42. The Morgan fingerprint density at radius 2 is 2.11 bits per heavy atom. The Hall–Kier alpha value is -0.660. The summed E-state index contributed by atoms with van der Waals surface area (Å²) < 4.78 is 27.3. The predicted octanol–water partition coefficient (Wildman–Crippen LogP) is 1.15. The molecule has 1 saturated heterocycles. The first-order chi connectivity index (χ1) is 8.82. The third-order valence-corrected chi connectivity index (χ3v) is 5.63. The van der Waals surface area contributed by atoms with E-state index < -0.39 is 22.2 Å². The fraction of sp³-hybridized carbons (Fsp3) is 0.917. The lowest BCUT2D eigenvalue weighted by atomic mass is 9.93. The van der Waals surface area contributed by atoms with Gasteiger partial charge in [-0.1, -0.05) is 20.3 Å². The van der Waals surface area contributed by atoms with Gasteiger partial charge in [-0.2, -0.15) is 17.0 Å². The summed E-state index contributed by atoms with van der Waals surface area (Å²) >= 11 is 0. The van der Waals surface area contributed by atoms with Crippen LogP contribution in [-0.4, -0.2) is 54.3 Å². The Morgan fingerprint density at radius 1 is 1.47 bits per heavy atom. The van der Waals surface area contributed by atoms with Crippen LogP contribution in [0.1, 0.15) is 39.5 Å². The molecule has 1 aliphatic heterocycles. The van der Waals surface area contributed by atoms with Crippen molar-refractivity contribution in [3.8, 4) is 0 Å². The molecule has 6 nitrogen and oxygen atoms in total. The summed E-state index contributed by atoms with van der Waals surface area (Å²) in [7, 11) is -2.16. The van der Waals surface area contributed by atoms with Gasteiger partial charge in [0.05, 0.1) is 0 Å². The molecule has 0 amide bonds. The standard InChI is InChI=1S/C12H24N2O4S/c1-4-5-8-13(3)19(17,18)14-9-6-7-10(2)11(14)12(15)16/h10-11H,4-9H2,1-3H3,(H,15,16). The second-order valence-corrected chi connectivity index (χ2v) is 7.18. The maximum atomic E-state index is 12.4. The van der Waals surface area contributed by atoms with E-state index in [1.54, 1.807) is 6.92 Å². The van der Waals surface area contributed by atoms with E-state index in [9.17, 15) is 18.3 Å². The number of carboxylic acids is 1. The van der Waals surface area contributed by atoms with Crippen molar-refractivity contribution in [1.82, 2.24) is 8.61 Å². The zero-order chi connectivity index (χ0) is 14.6. The zero-order valence-electron chi connectivity index (χ0n) is 11.9. The number of hydrogen-bond acceptors (Lipinski definition) is 3. The van der Waals surface area contributed by atoms with Crippen molar-refractivity contribution in [2.45, 2.75) is 45.6 Å². The van der Waals surface area contributed by atoms with Crippen molar-refractivity contribution < 1.29 is 18.3 Å². The van der Waals surface area contributed by atoms with Crippen molar-refractivity contribution in [2.24, 2.45) is 5.92 Å². The van der Waals surface area contributed by atoms with Crippen molar-refractivity contribution in [1.29, 1.82) is 0 Å². The van der Waals surface area contributed by atoms with Crippen LogP contribution in [0.5, 0.6) is 0 Å². The second-order valence-electron chi connectivity index (χ2n) is 5.20. The lowest BCUT2D eigenvalue weighted by Crippen LogP contribution is -2.55. The lowest BCUT2D eigenvalue weighted by molar-refractivity contribution is -0.144. The number of nitrogens with zero attached hydrogens (tertiary/aromatic N) is 2. The maximum Gasteiger partial charge on any atom is 0.322 e. The zero-order valence-corrected chi connectivity index (χ0v) is 12.7. The van der Waals surface area contributed by atoms with Crippen LogP contribution in [0.25, 0.3) is 0 Å². The van der Waals surface area contributed by atoms with E-state index in [-0.39, 0.29) is 5.92 Å². The molecule has 0 aliphatic carbocycles. The third-order valence-electron chi connectivity index (χ3n) is 3.66. The second kappa shape index (κ2) is 6.67. The predicted molar refractivity (Wildman–Crippen MR) is 73.0 cm³/mol. The first kappa shape index (κ1) is 16.4. The van der Waals surface area contributed by atoms with E-state index in [0.29, 0.717) is 19.5 Å². The van der Waals surface area contributed by atoms with Crippen LogP contribution in [0, 0.1) is 5.92 Å². The summed E-state index contributed by atoms with van der Waals surface area (Å²) in [5, 5.41) is 9.28. The average molecular weight is 292 g/mol. The molecule has 2 unspecified atom stereocenters. The molecule has 1 N–H and O–H groups in total. The maximum absolute atomic E-state index is 12.4. The monoisotopic (exact) mass is 292 g/mol. The number of carbonyl (C=O) groups is 1. The first-order valence-electron chi connectivity index (χ1n) is 6.78. The van der Waals surface area contributed by atoms with Crippen molar-refractivity contribution in [3.63, 3.8) is 0 Å². The van der Waals surface area contributed by atoms with Gasteiger partial charge in [0, 0.05) is 20.1 Å². The van der Waals surface area contributed by atoms with Gasteiger partial charge in [0.1, 0.15) is 6.04 Å². The quantitative estimate of drug-likeness (QED) is 0.796. The molecule has 7 heteroatoms. The summed E-state index contributed by atoms with van der Waals surface area (Å²) in [4.78, 5) is 11.3. The van der Waals surface area contributed by atoms with Gasteiger partial charge in [0.15, 0.2) is 0 Å². The molecule has 19 heavy (non-hydrogen) atoms. The lowest BCUT2D eigenvalue weighted by Gasteiger charge is -2.38. The van der Waals surface area contributed by atoms with Crippen LogP contribution in [0.2, 0.25) is 0 Å². The van der Waals surface area contributed by atoms with Gasteiger partial charge in [-0.25, -0.2) is 0 Å². The molecule has 1 aliphatic rings. The summed E-state index contributed by atoms with van der Waals surface area (Å²) in [6, 6.07) is -0.942. The van der Waals surface area contributed by atoms with Gasteiger partial charge < -0.3 is 5.11 Å². The minimum Gasteiger partial charge on any atom is -0.480 e. The molecule has 0 spiro atoms. The van der Waals surface area contributed by atoms with Gasteiger partial charge in [0.2, 0.25) is 0 Å². The van der Waals surface area contributed by atoms with Gasteiger partial charge >= 0.3 is 5.97 Å². The van der Waals surface area contributed by atoms with Crippen molar-refractivity contribution in [3.05, 3.63) is 0 Å². The SMILES string of the molecule is CCCCN(C)S(=O)(=O)N1CCCC(C)C1C(=O)O. The van der Waals surface area contributed by atoms with Gasteiger partial charge in [-0.15, -0.1) is 0 Å². The highest BCUT2D eigenvalue weighted by atomic mass is 32.2. The molecule has 0 saturated carbocycles. The molecular formula is C12H24N2O4S. The van der Waals surface area contributed by atoms with E-state index in [0.717, 1.165) is 23.6 Å². The van der Waals surface area contributed by atoms with E-state index in [1.807, 2.05) is 6.92 Å². The topological polar surface area (TPSA) is 77.9 Å². The van der Waals surface area contributed by atoms with Gasteiger partial charge in [0.25, 0.3) is 10.2 Å². The van der Waals surface area contributed by atoms with Crippen LogP contribution in [0.4, 0.5) is 0 Å². The van der Waals surface area contributed by atoms with Crippen LogP contribution in [-0.2, 0) is 15.0 Å². The summed E-state index contributed by atoms with van der Waals surface area (Å²) in [5.41, 5.74) is 0. The van der Waals surface area contributed by atoms with Crippen LogP contribution in [0.3, 0.4) is 0 Å². The largest absolute Gasteiger partial charge is 0.480 e. The molecule has 2 atom stereocenters. The van der Waals surface area contributed by atoms with E-state index in [1.165, 1.54) is 11.4 Å². The van der Waals surface area contributed by atoms with Crippen LogP contribution < -0.4 is 0 Å². The van der Waals surface area contributed by atoms with E-state index in [2.05, 4.69) is 0 Å². The molecule has 0 bridgehead atoms. The molecule has 0 aromatic rings. The summed E-state index contributed by atoms with van der Waals surface area (Å²) in [5.74, 6) is -1.21. The fourth-order valence-corrected chi connectivity index (χ4v) is 4.11. The first-order valence-corrected chi connectivity index (χ1v) is 8.18. The number of carboxylic acid groups (broad SMARTS) is 1. The molecule has 1 heterocycles. The smallest absolute Gasteiger partial charge is 0.322 e. The fourth-order valence-electron chi connectivity index (χ4n) is 2.45. The van der Waals surface area contributed by atoms with Crippen molar-refractivity contribution >= 4 is 16.2 Å². The number of piperidine rings is 1. The van der Waals surface area contributed by atoms with Gasteiger partial charge in [-0.3, -0.25) is 4.79 Å². The third kappa shape index (κ3) is 3.67. The van der Waals surface area contributed by atoms with Crippen molar-refractivity contribution in [2.75, 3.05) is 20.1 Å². The van der Waals surface area contributed by atoms with Crippen LogP contribution >= 0.6 is 0 Å². The molecule has 0 aromatic carbocycles. The normalized spacial score (nSPS) is 25.7. The number of hydrogen-bond donors (Lipinski definition) is 1. The Labute approximate surface area is 115 Å². The Bertz CT molecular complexity index is 410. The average Bonchev–Trinajstić information content (AvgIpc) is 2.34. The Morgan fingerprint density at radius 3 is 2.63 bits per heavy atom. The molecular weight excluding hydrogens is 268 g/mol. The molecule has 1 fully saturated rings. The Balaban J connectivity index is 2.93. The molecule has 112 valence electrons. The number of aliphatic carboxylic acids is 1. The number of rotatable bonds is 6. The minimum atomic E-state index is -3.68. The minimum absolute atomic E-state index is 0.152. The highest BCUT2D eigenvalue weighted by Crippen LogP contribution is 2.27. The Kier molecular flexibility index (Phi) is 5.76. The molecule has 0 radical (unpaired) electrons. The van der Waals surface area contributed by atoms with Crippen LogP contribution in [0.15, 0.2) is 0 Å². The molecule has 0 aromatic heterocycles. The van der Waals surface area contributed by atoms with E-state index in [4.69, 9.17) is 0 Å². The van der Waals surface area contributed by atoms with E-state index >= 15 is 0 Å². The summed E-state index contributed by atoms with van der Waals surface area (Å²) in [6.45, 7) is 4.51. The summed E-state index contributed by atoms with van der Waals surface area (Å²) in [6.07, 6.45) is 3.14. The number of unbranched alkanes of at least 4 members (excludes halogenated alkanes) is 1. The van der Waals surface area contributed by atoms with Gasteiger partial charge in [-0.05, 0) is 25.2 Å². The molecule has 1 rings (SSSR count). The highest BCUT2D eigenvalue weighted by molar-refractivity contribution is 7.86.